The maximum atomic E-state index is 14.2. The Morgan fingerprint density at radius 3 is 2.32 bits per heavy atom. The standard InChI is InChI=1S/C31H28F3N5O2/c1-4-27(21-15-22(32)17-23(33)16-21)39-29(26-11-13-38(5-2)37-26)36-30(40)25(31(39)41)14-19-6-8-20(9-7-19)24-10-12-35-28(34)18(24)3/h6-13,15-17,27,40H,4-5,14H2,1-3H3. The monoisotopic (exact) mass is 559 g/mol. The normalized spacial score (nSPS) is 12.0. The van der Waals surface area contributed by atoms with Crippen LogP contribution < -0.4 is 5.56 Å². The van der Waals surface area contributed by atoms with Gasteiger partial charge < -0.3 is 5.11 Å². The summed E-state index contributed by atoms with van der Waals surface area (Å²) >= 11 is 0. The van der Waals surface area contributed by atoms with Crippen molar-refractivity contribution in [3.63, 3.8) is 0 Å². The van der Waals surface area contributed by atoms with E-state index in [1.165, 1.54) is 22.9 Å². The quantitative estimate of drug-likeness (QED) is 0.229. The molecule has 1 atom stereocenters. The number of benzene rings is 2. The molecule has 5 aromatic rings. The first-order valence-electron chi connectivity index (χ1n) is 13.2. The molecule has 1 N–H and O–H groups in total. The van der Waals surface area contributed by atoms with Gasteiger partial charge in [-0.05, 0) is 66.8 Å². The third-order valence-electron chi connectivity index (χ3n) is 7.14. The van der Waals surface area contributed by atoms with Crippen molar-refractivity contribution in [2.24, 2.45) is 0 Å². The van der Waals surface area contributed by atoms with Gasteiger partial charge in [0.25, 0.3) is 5.56 Å². The largest absolute Gasteiger partial charge is 0.493 e. The number of rotatable bonds is 8. The molecule has 7 nitrogen and oxygen atoms in total. The number of hydrogen-bond acceptors (Lipinski definition) is 5. The number of hydrogen-bond donors (Lipinski definition) is 1. The first-order valence-corrected chi connectivity index (χ1v) is 13.2. The summed E-state index contributed by atoms with van der Waals surface area (Å²) in [5.74, 6) is -2.44. The van der Waals surface area contributed by atoms with E-state index in [2.05, 4.69) is 15.1 Å². The third-order valence-corrected chi connectivity index (χ3v) is 7.14. The van der Waals surface area contributed by atoms with Gasteiger partial charge in [-0.15, -0.1) is 0 Å². The van der Waals surface area contributed by atoms with Gasteiger partial charge >= 0.3 is 0 Å². The van der Waals surface area contributed by atoms with Gasteiger partial charge in [0, 0.05) is 37.0 Å². The molecular formula is C31H28F3N5O2. The molecule has 0 aliphatic heterocycles. The molecule has 0 saturated carbocycles. The lowest BCUT2D eigenvalue weighted by Crippen LogP contribution is -2.31. The fourth-order valence-electron chi connectivity index (χ4n) is 5.00. The van der Waals surface area contributed by atoms with Crippen molar-refractivity contribution >= 4 is 0 Å². The van der Waals surface area contributed by atoms with Crippen molar-refractivity contribution in [1.29, 1.82) is 0 Å². The maximum Gasteiger partial charge on any atom is 0.261 e. The second kappa shape index (κ2) is 11.4. The van der Waals surface area contributed by atoms with Gasteiger partial charge in [-0.2, -0.15) is 14.5 Å². The summed E-state index contributed by atoms with van der Waals surface area (Å²) in [4.78, 5) is 22.1. The van der Waals surface area contributed by atoms with Crippen LogP contribution in [-0.2, 0) is 13.0 Å². The number of aryl methyl sites for hydroxylation is 1. The smallest absolute Gasteiger partial charge is 0.261 e. The van der Waals surface area contributed by atoms with Crippen LogP contribution in [0.5, 0.6) is 5.88 Å². The van der Waals surface area contributed by atoms with Crippen molar-refractivity contribution in [1.82, 2.24) is 24.3 Å². The highest BCUT2D eigenvalue weighted by molar-refractivity contribution is 5.67. The van der Waals surface area contributed by atoms with Crippen LogP contribution >= 0.6 is 0 Å². The zero-order valence-corrected chi connectivity index (χ0v) is 22.8. The maximum absolute atomic E-state index is 14.2. The van der Waals surface area contributed by atoms with Crippen LogP contribution in [0.4, 0.5) is 13.2 Å². The van der Waals surface area contributed by atoms with Gasteiger partial charge in [0.15, 0.2) is 5.82 Å². The molecule has 0 spiro atoms. The van der Waals surface area contributed by atoms with E-state index in [4.69, 9.17) is 0 Å². The van der Waals surface area contributed by atoms with E-state index in [1.807, 2.05) is 6.92 Å². The van der Waals surface area contributed by atoms with Crippen molar-refractivity contribution in [3.8, 4) is 28.5 Å². The summed E-state index contributed by atoms with van der Waals surface area (Å²) in [5, 5.41) is 15.4. The molecule has 3 aromatic heterocycles. The number of nitrogens with zero attached hydrogens (tertiary/aromatic N) is 5. The van der Waals surface area contributed by atoms with E-state index < -0.39 is 35.1 Å². The molecule has 0 aliphatic carbocycles. The van der Waals surface area contributed by atoms with Gasteiger partial charge in [-0.1, -0.05) is 31.2 Å². The second-order valence-electron chi connectivity index (χ2n) is 9.74. The highest BCUT2D eigenvalue weighted by atomic mass is 19.1. The zero-order valence-electron chi connectivity index (χ0n) is 22.8. The van der Waals surface area contributed by atoms with Crippen LogP contribution in [0.15, 0.2) is 71.8 Å². The Kier molecular flexibility index (Phi) is 7.74. The number of aromatic hydroxyl groups is 1. The molecule has 0 aliphatic rings. The Hall–Kier alpha value is -4.73. The van der Waals surface area contributed by atoms with Crippen molar-refractivity contribution in [3.05, 3.63) is 117 Å². The molecule has 41 heavy (non-hydrogen) atoms. The van der Waals surface area contributed by atoms with Crippen molar-refractivity contribution in [2.45, 2.75) is 46.2 Å². The molecule has 0 saturated heterocycles. The van der Waals surface area contributed by atoms with E-state index in [0.29, 0.717) is 35.3 Å². The molecule has 0 amide bonds. The van der Waals surface area contributed by atoms with E-state index in [0.717, 1.165) is 11.6 Å². The molecule has 0 fully saturated rings. The van der Waals surface area contributed by atoms with Gasteiger partial charge in [0.05, 0.1) is 11.6 Å². The van der Waals surface area contributed by atoms with E-state index in [1.54, 1.807) is 61.1 Å². The van der Waals surface area contributed by atoms with Crippen LogP contribution in [0, 0.1) is 24.5 Å². The Morgan fingerprint density at radius 1 is 0.976 bits per heavy atom. The van der Waals surface area contributed by atoms with Crippen LogP contribution in [-0.4, -0.2) is 29.4 Å². The van der Waals surface area contributed by atoms with Crippen molar-refractivity contribution in [2.75, 3.05) is 0 Å². The molecule has 10 heteroatoms. The fourth-order valence-corrected chi connectivity index (χ4v) is 5.00. The lowest BCUT2D eigenvalue weighted by molar-refractivity contribution is 0.433. The third kappa shape index (κ3) is 5.50. The van der Waals surface area contributed by atoms with Gasteiger partial charge in [-0.3, -0.25) is 14.0 Å². The van der Waals surface area contributed by atoms with Gasteiger partial charge in [-0.25, -0.2) is 13.8 Å². The summed E-state index contributed by atoms with van der Waals surface area (Å²) in [6.45, 7) is 5.92. The average molecular weight is 560 g/mol. The molecule has 0 bridgehead atoms. The Morgan fingerprint density at radius 2 is 1.68 bits per heavy atom. The summed E-state index contributed by atoms with van der Waals surface area (Å²) < 4.78 is 45.4. The van der Waals surface area contributed by atoms with Crippen LogP contribution in [0.3, 0.4) is 0 Å². The van der Waals surface area contributed by atoms with Crippen molar-refractivity contribution < 1.29 is 18.3 Å². The average Bonchev–Trinajstić information content (AvgIpc) is 3.43. The summed E-state index contributed by atoms with van der Waals surface area (Å²) in [6.07, 6.45) is 3.47. The van der Waals surface area contributed by atoms with Crippen LogP contribution in [0.2, 0.25) is 0 Å². The fraction of sp³-hybridized carbons (Fsp3) is 0.226. The summed E-state index contributed by atoms with van der Waals surface area (Å²) in [6, 6.07) is 12.9. The number of aromatic nitrogens is 5. The Labute approximate surface area is 234 Å². The van der Waals surface area contributed by atoms with Gasteiger partial charge in [0.1, 0.15) is 17.3 Å². The minimum Gasteiger partial charge on any atom is -0.493 e. The van der Waals surface area contributed by atoms with Crippen LogP contribution in [0.25, 0.3) is 22.6 Å². The van der Waals surface area contributed by atoms with E-state index in [-0.39, 0.29) is 23.4 Å². The molecule has 1 unspecified atom stereocenters. The molecule has 210 valence electrons. The first kappa shape index (κ1) is 27.8. The van der Waals surface area contributed by atoms with E-state index >= 15 is 0 Å². The van der Waals surface area contributed by atoms with Gasteiger partial charge in [0.2, 0.25) is 11.8 Å². The lowest BCUT2D eigenvalue weighted by atomic mass is 9.98. The topological polar surface area (TPSA) is 85.8 Å². The predicted molar refractivity (Wildman–Crippen MR) is 149 cm³/mol. The molecule has 0 radical (unpaired) electrons. The molecule has 2 aromatic carbocycles. The van der Waals surface area contributed by atoms with E-state index in [9.17, 15) is 23.1 Å². The lowest BCUT2D eigenvalue weighted by Gasteiger charge is -2.23. The first-order chi connectivity index (χ1) is 19.7. The minimum absolute atomic E-state index is 0.0258. The highest BCUT2D eigenvalue weighted by Gasteiger charge is 2.26. The second-order valence-corrected chi connectivity index (χ2v) is 9.74. The number of pyridine rings is 1. The zero-order chi connectivity index (χ0) is 29.3. The molecular weight excluding hydrogens is 531 g/mol. The summed E-state index contributed by atoms with van der Waals surface area (Å²) in [7, 11) is 0. The Bertz CT molecular complexity index is 1760. The predicted octanol–water partition coefficient (Wildman–Crippen LogP) is 6.21. The minimum atomic E-state index is -0.784. The Balaban J connectivity index is 1.62. The summed E-state index contributed by atoms with van der Waals surface area (Å²) in [5.41, 5.74) is 2.66. The number of halogens is 3. The molecule has 3 heterocycles. The molecule has 5 rings (SSSR count). The SMILES string of the molecule is CCC(c1cc(F)cc(F)c1)n1c(-c2ccn(CC)n2)nc(O)c(Cc2ccc(-c3ccnc(F)c3C)cc2)c1=O. The highest BCUT2D eigenvalue weighted by Crippen LogP contribution is 2.30. The van der Waals surface area contributed by atoms with Crippen LogP contribution in [0.1, 0.15) is 48.6 Å².